The molecule has 1 aliphatic heterocycles. The number of hydrogen-bond acceptors (Lipinski definition) is 4. The van der Waals surface area contributed by atoms with E-state index in [1.54, 1.807) is 4.90 Å². The van der Waals surface area contributed by atoms with E-state index < -0.39 is 0 Å². The summed E-state index contributed by atoms with van der Waals surface area (Å²) in [6, 6.07) is -0.383. The van der Waals surface area contributed by atoms with Gasteiger partial charge in [-0.2, -0.15) is 0 Å². The van der Waals surface area contributed by atoms with Crippen molar-refractivity contribution in [3.8, 4) is 0 Å². The van der Waals surface area contributed by atoms with E-state index in [-0.39, 0.29) is 23.3 Å². The van der Waals surface area contributed by atoms with Crippen molar-refractivity contribution in [3.05, 3.63) is 0 Å². The first-order valence-electron chi connectivity index (χ1n) is 7.69. The molecule has 0 bridgehead atoms. The zero-order valence-corrected chi connectivity index (χ0v) is 12.4. The third-order valence-electron chi connectivity index (χ3n) is 4.92. The van der Waals surface area contributed by atoms with Crippen LogP contribution in [-0.2, 0) is 14.3 Å². The molecule has 1 heterocycles. The van der Waals surface area contributed by atoms with Crippen molar-refractivity contribution in [2.45, 2.75) is 57.4 Å². The Hall–Kier alpha value is -1.10. The van der Waals surface area contributed by atoms with Crippen LogP contribution in [0.4, 0.5) is 0 Å². The number of rotatable bonds is 4. The molecule has 1 saturated heterocycles. The lowest BCUT2D eigenvalue weighted by Crippen LogP contribution is -2.45. The molecule has 2 fully saturated rings. The van der Waals surface area contributed by atoms with Gasteiger partial charge in [0.15, 0.2) is 0 Å². The Labute approximate surface area is 120 Å². The zero-order chi connectivity index (χ0) is 14.6. The predicted octanol–water partition coefficient (Wildman–Crippen LogP) is 1.45. The molecule has 0 aromatic heterocycles. The van der Waals surface area contributed by atoms with Crippen LogP contribution in [0.25, 0.3) is 0 Å². The minimum absolute atomic E-state index is 0.0431. The maximum absolute atomic E-state index is 12.6. The van der Waals surface area contributed by atoms with Gasteiger partial charge in [-0.25, -0.2) is 4.79 Å². The van der Waals surface area contributed by atoms with E-state index in [4.69, 9.17) is 10.5 Å². The number of ether oxygens (including phenoxy) is 1. The van der Waals surface area contributed by atoms with Crippen LogP contribution in [0.5, 0.6) is 0 Å². The third-order valence-corrected chi connectivity index (χ3v) is 4.92. The highest BCUT2D eigenvalue weighted by Crippen LogP contribution is 2.39. The summed E-state index contributed by atoms with van der Waals surface area (Å²) in [5, 5.41) is 0. The average molecular weight is 282 g/mol. The number of esters is 1. The molecule has 114 valence electrons. The van der Waals surface area contributed by atoms with Crippen LogP contribution >= 0.6 is 0 Å². The van der Waals surface area contributed by atoms with Crippen LogP contribution in [0.1, 0.15) is 51.4 Å². The quantitative estimate of drug-likeness (QED) is 0.792. The lowest BCUT2D eigenvalue weighted by Gasteiger charge is -2.37. The van der Waals surface area contributed by atoms with Crippen molar-refractivity contribution < 1.29 is 14.3 Å². The van der Waals surface area contributed by atoms with E-state index in [1.807, 2.05) is 0 Å². The van der Waals surface area contributed by atoms with E-state index in [0.29, 0.717) is 25.9 Å². The number of nitrogens with two attached hydrogens (primary N) is 1. The largest absolute Gasteiger partial charge is 0.467 e. The van der Waals surface area contributed by atoms with Gasteiger partial charge in [0.25, 0.3) is 0 Å². The number of carbonyl (C=O) groups is 2. The fourth-order valence-corrected chi connectivity index (χ4v) is 3.62. The van der Waals surface area contributed by atoms with Gasteiger partial charge in [0.05, 0.1) is 7.11 Å². The summed E-state index contributed by atoms with van der Waals surface area (Å²) >= 11 is 0. The average Bonchev–Trinajstić information content (AvgIpc) is 2.97. The molecule has 1 saturated carbocycles. The van der Waals surface area contributed by atoms with E-state index in [2.05, 4.69) is 0 Å². The molecule has 2 N–H and O–H groups in total. The van der Waals surface area contributed by atoms with E-state index >= 15 is 0 Å². The first kappa shape index (κ1) is 15.3. The molecule has 1 amide bonds. The van der Waals surface area contributed by atoms with Crippen molar-refractivity contribution in [1.29, 1.82) is 0 Å². The van der Waals surface area contributed by atoms with E-state index in [1.165, 1.54) is 13.5 Å². The number of methoxy groups -OCH3 is 1. The maximum atomic E-state index is 12.6. The molecule has 5 nitrogen and oxygen atoms in total. The van der Waals surface area contributed by atoms with Gasteiger partial charge in [-0.05, 0) is 37.6 Å². The topological polar surface area (TPSA) is 72.6 Å². The maximum Gasteiger partial charge on any atom is 0.328 e. The van der Waals surface area contributed by atoms with E-state index in [9.17, 15) is 9.59 Å². The Morgan fingerprint density at radius 1 is 1.25 bits per heavy atom. The van der Waals surface area contributed by atoms with Gasteiger partial charge in [0.1, 0.15) is 6.04 Å². The van der Waals surface area contributed by atoms with Gasteiger partial charge in [-0.1, -0.05) is 19.3 Å². The van der Waals surface area contributed by atoms with Crippen molar-refractivity contribution in [2.24, 2.45) is 11.1 Å². The Kier molecular flexibility index (Phi) is 5.02. The minimum atomic E-state index is -0.383. The second-order valence-electron chi connectivity index (χ2n) is 6.21. The summed E-state index contributed by atoms with van der Waals surface area (Å²) in [5.74, 6) is -0.216. The van der Waals surface area contributed by atoms with Crippen molar-refractivity contribution in [1.82, 2.24) is 4.90 Å². The van der Waals surface area contributed by atoms with Crippen LogP contribution in [0, 0.1) is 5.41 Å². The summed E-state index contributed by atoms with van der Waals surface area (Å²) < 4.78 is 4.80. The Bertz CT molecular complexity index is 364. The van der Waals surface area contributed by atoms with Crippen LogP contribution in [0.2, 0.25) is 0 Å². The fourth-order valence-electron chi connectivity index (χ4n) is 3.62. The van der Waals surface area contributed by atoms with Crippen molar-refractivity contribution in [2.75, 3.05) is 20.2 Å². The molecular weight excluding hydrogens is 256 g/mol. The van der Waals surface area contributed by atoms with Gasteiger partial charge in [0.2, 0.25) is 5.91 Å². The first-order valence-corrected chi connectivity index (χ1v) is 7.69. The number of likely N-dealkylation sites (tertiary alicyclic amines) is 1. The Morgan fingerprint density at radius 2 is 1.95 bits per heavy atom. The summed E-state index contributed by atoms with van der Waals surface area (Å²) in [7, 11) is 1.38. The second kappa shape index (κ2) is 6.57. The Balaban J connectivity index is 2.01. The molecule has 0 aromatic rings. The summed E-state index contributed by atoms with van der Waals surface area (Å²) in [6.07, 6.45) is 7.70. The highest BCUT2D eigenvalue weighted by molar-refractivity contribution is 5.85. The number of amides is 1. The van der Waals surface area contributed by atoms with Crippen LogP contribution in [-0.4, -0.2) is 43.0 Å². The summed E-state index contributed by atoms with van der Waals surface area (Å²) in [4.78, 5) is 26.0. The third kappa shape index (κ3) is 3.14. The van der Waals surface area contributed by atoms with Crippen LogP contribution in [0.3, 0.4) is 0 Å². The number of carbonyl (C=O) groups excluding carboxylic acids is 2. The number of hydrogen-bond donors (Lipinski definition) is 1. The van der Waals surface area contributed by atoms with Crippen molar-refractivity contribution in [3.63, 3.8) is 0 Å². The standard InChI is InChI=1S/C15H26N2O3/c1-20-14(19)12-6-5-9-17(12)13(18)10-15(11-16)7-3-2-4-8-15/h12H,2-11,16H2,1H3. The molecule has 20 heavy (non-hydrogen) atoms. The van der Waals surface area contributed by atoms with Gasteiger partial charge < -0.3 is 15.4 Å². The zero-order valence-electron chi connectivity index (χ0n) is 12.4. The number of nitrogens with zero attached hydrogens (tertiary/aromatic N) is 1. The molecule has 0 spiro atoms. The minimum Gasteiger partial charge on any atom is -0.467 e. The van der Waals surface area contributed by atoms with Crippen LogP contribution in [0.15, 0.2) is 0 Å². The summed E-state index contributed by atoms with van der Waals surface area (Å²) in [5.41, 5.74) is 5.90. The second-order valence-corrected chi connectivity index (χ2v) is 6.21. The van der Waals surface area contributed by atoms with Gasteiger partial charge in [-0.15, -0.1) is 0 Å². The van der Waals surface area contributed by atoms with Gasteiger partial charge in [0, 0.05) is 13.0 Å². The lowest BCUT2D eigenvalue weighted by atomic mass is 9.71. The molecule has 2 rings (SSSR count). The summed E-state index contributed by atoms with van der Waals surface area (Å²) in [6.45, 7) is 1.23. The molecule has 5 heteroatoms. The monoisotopic (exact) mass is 282 g/mol. The predicted molar refractivity (Wildman–Crippen MR) is 75.9 cm³/mol. The smallest absolute Gasteiger partial charge is 0.328 e. The molecule has 0 aromatic carbocycles. The van der Waals surface area contributed by atoms with Crippen molar-refractivity contribution >= 4 is 11.9 Å². The van der Waals surface area contributed by atoms with E-state index in [0.717, 1.165) is 32.1 Å². The molecule has 1 aliphatic carbocycles. The molecule has 1 unspecified atom stereocenters. The van der Waals surface area contributed by atoms with Gasteiger partial charge in [-0.3, -0.25) is 4.79 Å². The highest BCUT2D eigenvalue weighted by Gasteiger charge is 2.39. The highest BCUT2D eigenvalue weighted by atomic mass is 16.5. The van der Waals surface area contributed by atoms with Gasteiger partial charge >= 0.3 is 5.97 Å². The molecule has 2 aliphatic rings. The lowest BCUT2D eigenvalue weighted by molar-refractivity contribution is -0.151. The molecule has 1 atom stereocenters. The Morgan fingerprint density at radius 3 is 2.55 bits per heavy atom. The normalized spacial score (nSPS) is 25.5. The fraction of sp³-hybridized carbons (Fsp3) is 0.867. The first-order chi connectivity index (χ1) is 9.62. The molecular formula is C15H26N2O3. The van der Waals surface area contributed by atoms with Crippen LogP contribution < -0.4 is 5.73 Å². The SMILES string of the molecule is COC(=O)C1CCCN1C(=O)CC1(CN)CCCCC1. The molecule has 0 radical (unpaired) electrons.